The molecule has 0 saturated carbocycles. The number of nitrogens with one attached hydrogen (secondary N) is 1. The van der Waals surface area contributed by atoms with Gasteiger partial charge in [0.25, 0.3) is 5.91 Å². The van der Waals surface area contributed by atoms with Crippen LogP contribution in [0.3, 0.4) is 0 Å². The van der Waals surface area contributed by atoms with E-state index in [-0.39, 0.29) is 17.5 Å². The molecule has 1 aromatic rings. The zero-order chi connectivity index (χ0) is 9.14. The number of rotatable bonds is 2. The molecule has 0 aliphatic carbocycles. The van der Waals surface area contributed by atoms with Crippen LogP contribution in [0.1, 0.15) is 6.92 Å². The third-order valence-electron chi connectivity index (χ3n) is 1.26. The molecule has 4 nitrogen and oxygen atoms in total. The summed E-state index contributed by atoms with van der Waals surface area (Å²) < 4.78 is 4.76. The molecule has 1 aromatic heterocycles. The summed E-state index contributed by atoms with van der Waals surface area (Å²) in [4.78, 5) is 11.0. The van der Waals surface area contributed by atoms with E-state index in [4.69, 9.17) is 9.52 Å². The topological polar surface area (TPSA) is 62.5 Å². The molecule has 64 valence electrons. The Hall–Kier alpha value is -1.71. The summed E-state index contributed by atoms with van der Waals surface area (Å²) in [6.45, 7) is 4.99. The van der Waals surface area contributed by atoms with Gasteiger partial charge < -0.3 is 9.52 Å². The van der Waals surface area contributed by atoms with Crippen LogP contribution in [0.2, 0.25) is 0 Å². The first kappa shape index (κ1) is 8.39. The minimum atomic E-state index is -0.375. The predicted octanol–water partition coefficient (Wildman–Crippen LogP) is 1.50. The van der Waals surface area contributed by atoms with Crippen LogP contribution in [0.15, 0.2) is 28.9 Å². The van der Waals surface area contributed by atoms with Crippen molar-refractivity contribution in [1.29, 1.82) is 0 Å². The van der Waals surface area contributed by atoms with Crippen molar-refractivity contribution in [2.45, 2.75) is 6.92 Å². The van der Waals surface area contributed by atoms with E-state index in [0.29, 0.717) is 5.57 Å². The molecule has 1 rings (SSSR count). The molecule has 0 aliphatic heterocycles. The van der Waals surface area contributed by atoms with Crippen molar-refractivity contribution in [3.05, 3.63) is 24.5 Å². The van der Waals surface area contributed by atoms with Crippen LogP contribution in [0.4, 0.5) is 5.88 Å². The molecule has 0 fully saturated rings. The first-order valence-electron chi connectivity index (χ1n) is 3.34. The van der Waals surface area contributed by atoms with Crippen molar-refractivity contribution in [3.8, 4) is 5.75 Å². The number of hydrogen-bond donors (Lipinski definition) is 2. The van der Waals surface area contributed by atoms with E-state index >= 15 is 0 Å². The summed E-state index contributed by atoms with van der Waals surface area (Å²) in [5.74, 6) is -0.423. The number of amides is 1. The predicted molar refractivity (Wildman–Crippen MR) is 43.8 cm³/mol. The Morgan fingerprint density at radius 1 is 1.75 bits per heavy atom. The van der Waals surface area contributed by atoms with Crippen molar-refractivity contribution in [1.82, 2.24) is 0 Å². The van der Waals surface area contributed by atoms with Gasteiger partial charge in [-0.2, -0.15) is 0 Å². The highest BCUT2D eigenvalue weighted by Crippen LogP contribution is 2.23. The van der Waals surface area contributed by atoms with Crippen molar-refractivity contribution in [3.63, 3.8) is 0 Å². The minimum Gasteiger partial charge on any atom is -0.503 e. The van der Waals surface area contributed by atoms with Gasteiger partial charge in [0, 0.05) is 11.6 Å². The Labute approximate surface area is 69.5 Å². The van der Waals surface area contributed by atoms with Crippen LogP contribution < -0.4 is 5.32 Å². The van der Waals surface area contributed by atoms with Gasteiger partial charge >= 0.3 is 0 Å². The van der Waals surface area contributed by atoms with Gasteiger partial charge in [-0.1, -0.05) is 6.58 Å². The van der Waals surface area contributed by atoms with Gasteiger partial charge in [0.2, 0.25) is 5.88 Å². The van der Waals surface area contributed by atoms with E-state index < -0.39 is 0 Å². The van der Waals surface area contributed by atoms with Gasteiger partial charge in [0.15, 0.2) is 5.75 Å². The molecule has 12 heavy (non-hydrogen) atoms. The van der Waals surface area contributed by atoms with E-state index in [1.165, 1.54) is 12.3 Å². The number of carbonyl (C=O) groups excluding carboxylic acids is 1. The van der Waals surface area contributed by atoms with Gasteiger partial charge in [-0.25, -0.2) is 0 Å². The molecule has 0 aromatic carbocycles. The van der Waals surface area contributed by atoms with Gasteiger partial charge in [-0.05, 0) is 6.92 Å². The smallest absolute Gasteiger partial charge is 0.253 e. The normalized spacial score (nSPS) is 9.42. The number of anilines is 1. The molecule has 0 atom stereocenters. The molecule has 0 unspecified atom stereocenters. The maximum atomic E-state index is 11.0. The number of aromatic hydroxyl groups is 1. The Balaban J connectivity index is 2.71. The first-order chi connectivity index (χ1) is 5.61. The molecule has 0 saturated heterocycles. The second-order valence-electron chi connectivity index (χ2n) is 2.37. The van der Waals surface area contributed by atoms with E-state index in [9.17, 15) is 4.79 Å². The summed E-state index contributed by atoms with van der Waals surface area (Å²) in [5.41, 5.74) is 0.353. The van der Waals surface area contributed by atoms with Crippen LogP contribution in [0.5, 0.6) is 5.75 Å². The summed E-state index contributed by atoms with van der Waals surface area (Å²) in [5, 5.41) is 11.4. The number of carbonyl (C=O) groups is 1. The third kappa shape index (κ3) is 1.66. The lowest BCUT2D eigenvalue weighted by molar-refractivity contribution is -0.112. The zero-order valence-electron chi connectivity index (χ0n) is 6.63. The second kappa shape index (κ2) is 3.13. The third-order valence-corrected chi connectivity index (χ3v) is 1.26. The Morgan fingerprint density at radius 3 is 2.83 bits per heavy atom. The fourth-order valence-electron chi connectivity index (χ4n) is 0.606. The summed E-state index contributed by atoms with van der Waals surface area (Å²) >= 11 is 0. The highest BCUT2D eigenvalue weighted by molar-refractivity contribution is 6.02. The standard InChI is InChI=1S/C8H9NO3/c1-5(2)7(11)9-8-6(10)3-4-12-8/h3-4,10H,1H2,2H3,(H,9,11). The molecule has 0 bridgehead atoms. The maximum absolute atomic E-state index is 11.0. The van der Waals surface area contributed by atoms with Crippen molar-refractivity contribution in [2.75, 3.05) is 5.32 Å². The fourth-order valence-corrected chi connectivity index (χ4v) is 0.606. The van der Waals surface area contributed by atoms with Crippen molar-refractivity contribution >= 4 is 11.8 Å². The number of furan rings is 1. The Morgan fingerprint density at radius 2 is 2.42 bits per heavy atom. The largest absolute Gasteiger partial charge is 0.503 e. The van der Waals surface area contributed by atoms with Crippen LogP contribution >= 0.6 is 0 Å². The highest BCUT2D eigenvalue weighted by Gasteiger charge is 2.08. The molecular weight excluding hydrogens is 158 g/mol. The van der Waals surface area contributed by atoms with E-state index in [1.54, 1.807) is 6.92 Å². The lowest BCUT2D eigenvalue weighted by Crippen LogP contribution is -2.11. The molecular formula is C8H9NO3. The average Bonchev–Trinajstić information content (AvgIpc) is 2.36. The fraction of sp³-hybridized carbons (Fsp3) is 0.125. The van der Waals surface area contributed by atoms with Crippen LogP contribution in [0.25, 0.3) is 0 Å². The molecule has 1 heterocycles. The summed E-state index contributed by atoms with van der Waals surface area (Å²) in [7, 11) is 0. The molecule has 1 amide bonds. The van der Waals surface area contributed by atoms with E-state index in [1.807, 2.05) is 0 Å². The monoisotopic (exact) mass is 167 g/mol. The quantitative estimate of drug-likeness (QED) is 0.656. The molecule has 2 N–H and O–H groups in total. The van der Waals surface area contributed by atoms with E-state index in [0.717, 1.165) is 0 Å². The van der Waals surface area contributed by atoms with Crippen molar-refractivity contribution in [2.24, 2.45) is 0 Å². The zero-order valence-corrected chi connectivity index (χ0v) is 6.63. The Kier molecular flexibility index (Phi) is 2.19. The van der Waals surface area contributed by atoms with Gasteiger partial charge in [-0.3, -0.25) is 10.1 Å². The molecule has 0 spiro atoms. The molecule has 0 aliphatic rings. The van der Waals surface area contributed by atoms with Gasteiger partial charge in [-0.15, -0.1) is 0 Å². The number of hydrogen-bond acceptors (Lipinski definition) is 3. The van der Waals surface area contributed by atoms with Crippen LogP contribution in [0, 0.1) is 0 Å². The van der Waals surface area contributed by atoms with Gasteiger partial charge in [0.05, 0.1) is 6.26 Å². The SMILES string of the molecule is C=C(C)C(=O)Nc1occc1O. The second-order valence-corrected chi connectivity index (χ2v) is 2.37. The van der Waals surface area contributed by atoms with E-state index in [2.05, 4.69) is 11.9 Å². The maximum Gasteiger partial charge on any atom is 0.253 e. The summed E-state index contributed by atoms with van der Waals surface area (Å²) in [6.07, 6.45) is 1.28. The van der Waals surface area contributed by atoms with Crippen LogP contribution in [-0.4, -0.2) is 11.0 Å². The Bertz CT molecular complexity index is 314. The summed E-state index contributed by atoms with van der Waals surface area (Å²) in [6, 6.07) is 1.34. The average molecular weight is 167 g/mol. The first-order valence-corrected chi connectivity index (χ1v) is 3.34. The van der Waals surface area contributed by atoms with Crippen molar-refractivity contribution < 1.29 is 14.3 Å². The lowest BCUT2D eigenvalue weighted by Gasteiger charge is -1.99. The molecule has 0 radical (unpaired) electrons. The molecule has 4 heteroatoms. The highest BCUT2D eigenvalue weighted by atomic mass is 16.4. The minimum absolute atomic E-state index is 0.0444. The van der Waals surface area contributed by atoms with Crippen LogP contribution in [-0.2, 0) is 4.79 Å². The van der Waals surface area contributed by atoms with Gasteiger partial charge in [0.1, 0.15) is 0 Å². The lowest BCUT2D eigenvalue weighted by atomic mass is 10.3.